The minimum Gasteiger partial charge on any atom is -0.487 e. The largest absolute Gasteiger partial charge is 0.487 e. The molecular formula is C31H43ClN4O. The normalized spacial score (nSPS) is 18.2. The Balaban J connectivity index is 1.13. The van der Waals surface area contributed by atoms with Crippen molar-refractivity contribution in [3.63, 3.8) is 0 Å². The van der Waals surface area contributed by atoms with Crippen LogP contribution in [-0.4, -0.2) is 42.8 Å². The lowest BCUT2D eigenvalue weighted by molar-refractivity contribution is 0.105. The molecule has 0 bridgehead atoms. The molecule has 0 spiro atoms. The number of nitrogens with one attached hydrogen (secondary N) is 1. The number of fused-ring (bicyclic) bond motifs is 1. The number of aromatic nitrogens is 2. The van der Waals surface area contributed by atoms with Gasteiger partial charge in [-0.15, -0.1) is 0 Å². The fourth-order valence-corrected chi connectivity index (χ4v) is 5.56. The molecule has 1 heterocycles. The van der Waals surface area contributed by atoms with E-state index in [0.29, 0.717) is 0 Å². The third-order valence-electron chi connectivity index (χ3n) is 7.47. The Morgan fingerprint density at radius 3 is 2.38 bits per heavy atom. The summed E-state index contributed by atoms with van der Waals surface area (Å²) in [5, 5.41) is 5.53. The average molecular weight is 523 g/mol. The first-order valence-electron chi connectivity index (χ1n) is 13.9. The van der Waals surface area contributed by atoms with Crippen LogP contribution in [0.5, 0.6) is 5.75 Å². The van der Waals surface area contributed by atoms with Crippen LogP contribution in [0.1, 0.15) is 64.6 Å². The fraction of sp³-hybridized carbons (Fsp3) is 0.548. The summed E-state index contributed by atoms with van der Waals surface area (Å²) in [5.41, 5.74) is 0.788. The summed E-state index contributed by atoms with van der Waals surface area (Å²) in [6, 6.07) is 15.9. The molecule has 2 aromatic carbocycles. The Hall–Kier alpha value is -2.37. The van der Waals surface area contributed by atoms with Crippen molar-refractivity contribution < 1.29 is 4.74 Å². The lowest BCUT2D eigenvalue weighted by Crippen LogP contribution is -2.42. The van der Waals surface area contributed by atoms with E-state index in [1.54, 1.807) is 0 Å². The Morgan fingerprint density at radius 1 is 0.946 bits per heavy atom. The molecule has 1 fully saturated rings. The average Bonchev–Trinajstić information content (AvgIpc) is 2.88. The van der Waals surface area contributed by atoms with Crippen molar-refractivity contribution in [1.82, 2.24) is 15.3 Å². The van der Waals surface area contributed by atoms with E-state index in [0.717, 1.165) is 71.1 Å². The van der Waals surface area contributed by atoms with Crippen molar-refractivity contribution in [2.45, 2.75) is 70.8 Å². The number of hydrogen-bond acceptors (Lipinski definition) is 5. The maximum Gasteiger partial charge on any atom is 0.139 e. The molecule has 1 aliphatic rings. The van der Waals surface area contributed by atoms with Crippen molar-refractivity contribution in [2.24, 2.45) is 11.8 Å². The van der Waals surface area contributed by atoms with E-state index in [-0.39, 0.29) is 5.60 Å². The van der Waals surface area contributed by atoms with Gasteiger partial charge in [0.25, 0.3) is 0 Å². The maximum atomic E-state index is 6.16. The standard InChI is InChI=1S/C31H43ClN4O/c1-31(2,37-26-19-17-25(32)18-20-26)22-33-21-24-15-13-23(14-16-24)9-5-8-12-29-34-28-11-7-6-10-27(28)30(35-29)36(3)4/h6-7,10-11,17-20,23-24,33H,5,8-9,12-16,21-22H2,1-4H3. The number of anilines is 1. The molecule has 0 radical (unpaired) electrons. The maximum absolute atomic E-state index is 6.16. The summed E-state index contributed by atoms with van der Waals surface area (Å²) in [7, 11) is 4.11. The highest BCUT2D eigenvalue weighted by Crippen LogP contribution is 2.32. The minimum atomic E-state index is -0.257. The topological polar surface area (TPSA) is 50.3 Å². The number of aryl methyl sites for hydroxylation is 1. The van der Waals surface area contributed by atoms with Gasteiger partial charge in [0.05, 0.1) is 5.52 Å². The Bertz CT molecular complexity index is 1120. The van der Waals surface area contributed by atoms with Crippen LogP contribution in [0.2, 0.25) is 5.02 Å². The van der Waals surface area contributed by atoms with E-state index in [1.807, 2.05) is 24.3 Å². The van der Waals surface area contributed by atoms with E-state index >= 15 is 0 Å². The summed E-state index contributed by atoms with van der Waals surface area (Å²) in [6.07, 6.45) is 10.1. The molecule has 3 aromatic rings. The number of ether oxygens (including phenoxy) is 1. The molecule has 5 nitrogen and oxygen atoms in total. The fourth-order valence-electron chi connectivity index (χ4n) is 5.43. The number of hydrogen-bond donors (Lipinski definition) is 1. The molecule has 200 valence electrons. The SMILES string of the molecule is CN(C)c1nc(CCCCC2CCC(CNCC(C)(C)Oc3ccc(Cl)cc3)CC2)nc2ccccc12. The first-order valence-corrected chi connectivity index (χ1v) is 14.3. The summed E-state index contributed by atoms with van der Waals surface area (Å²) in [5.74, 6) is 4.50. The zero-order valence-corrected chi connectivity index (χ0v) is 23.7. The number of para-hydroxylation sites is 1. The molecular weight excluding hydrogens is 480 g/mol. The zero-order valence-electron chi connectivity index (χ0n) is 23.0. The number of benzene rings is 2. The van der Waals surface area contributed by atoms with Crippen LogP contribution in [0.4, 0.5) is 5.82 Å². The molecule has 0 saturated heterocycles. The van der Waals surface area contributed by atoms with E-state index < -0.39 is 0 Å². The van der Waals surface area contributed by atoms with Crippen LogP contribution >= 0.6 is 11.6 Å². The predicted molar refractivity (Wildman–Crippen MR) is 156 cm³/mol. The van der Waals surface area contributed by atoms with E-state index in [9.17, 15) is 0 Å². The van der Waals surface area contributed by atoms with Crippen molar-refractivity contribution in [3.05, 3.63) is 59.4 Å². The molecule has 4 rings (SSSR count). The van der Waals surface area contributed by atoms with Crippen molar-refractivity contribution >= 4 is 28.3 Å². The second kappa shape index (κ2) is 12.9. The molecule has 0 unspecified atom stereocenters. The van der Waals surface area contributed by atoms with E-state index in [2.05, 4.69) is 62.4 Å². The van der Waals surface area contributed by atoms with Gasteiger partial charge < -0.3 is 15.0 Å². The quantitative estimate of drug-likeness (QED) is 0.252. The molecule has 0 atom stereocenters. The first-order chi connectivity index (χ1) is 17.8. The summed E-state index contributed by atoms with van der Waals surface area (Å²) >= 11 is 5.98. The minimum absolute atomic E-state index is 0.257. The van der Waals surface area contributed by atoms with Crippen molar-refractivity contribution in [1.29, 1.82) is 0 Å². The first kappa shape index (κ1) is 27.7. The monoisotopic (exact) mass is 522 g/mol. The van der Waals surface area contributed by atoms with Gasteiger partial charge in [-0.2, -0.15) is 0 Å². The van der Waals surface area contributed by atoms with Crippen LogP contribution in [0, 0.1) is 11.8 Å². The highest BCUT2D eigenvalue weighted by Gasteiger charge is 2.23. The highest BCUT2D eigenvalue weighted by molar-refractivity contribution is 6.30. The van der Waals surface area contributed by atoms with Crippen LogP contribution in [0.25, 0.3) is 10.9 Å². The van der Waals surface area contributed by atoms with Gasteiger partial charge in [0, 0.05) is 37.5 Å². The van der Waals surface area contributed by atoms with Crippen molar-refractivity contribution in [2.75, 3.05) is 32.1 Å². The predicted octanol–water partition coefficient (Wildman–Crippen LogP) is 7.32. The van der Waals surface area contributed by atoms with Crippen molar-refractivity contribution in [3.8, 4) is 5.75 Å². The summed E-state index contributed by atoms with van der Waals surface area (Å²) in [4.78, 5) is 11.8. The Morgan fingerprint density at radius 2 is 1.65 bits per heavy atom. The number of rotatable bonds is 12. The van der Waals surface area contributed by atoms with Gasteiger partial charge >= 0.3 is 0 Å². The molecule has 1 N–H and O–H groups in total. The van der Waals surface area contributed by atoms with Crippen LogP contribution in [0.3, 0.4) is 0 Å². The molecule has 1 aliphatic carbocycles. The molecule has 0 aliphatic heterocycles. The molecule has 37 heavy (non-hydrogen) atoms. The smallest absolute Gasteiger partial charge is 0.139 e. The second-order valence-corrected chi connectivity index (χ2v) is 11.9. The molecule has 1 saturated carbocycles. The van der Waals surface area contributed by atoms with E-state index in [4.69, 9.17) is 26.3 Å². The van der Waals surface area contributed by atoms with Gasteiger partial charge in [-0.05, 0) is 87.9 Å². The van der Waals surface area contributed by atoms with Crippen LogP contribution in [0.15, 0.2) is 48.5 Å². The second-order valence-electron chi connectivity index (χ2n) is 11.5. The van der Waals surface area contributed by atoms with Gasteiger partial charge in [-0.3, -0.25) is 0 Å². The van der Waals surface area contributed by atoms with Gasteiger partial charge in [0.2, 0.25) is 0 Å². The Kier molecular flexibility index (Phi) is 9.66. The lowest BCUT2D eigenvalue weighted by Gasteiger charge is -2.31. The van der Waals surface area contributed by atoms with Gasteiger partial charge in [0.1, 0.15) is 23.0 Å². The van der Waals surface area contributed by atoms with Crippen LogP contribution < -0.4 is 15.0 Å². The number of nitrogens with zero attached hydrogens (tertiary/aromatic N) is 3. The lowest BCUT2D eigenvalue weighted by atomic mass is 9.79. The van der Waals surface area contributed by atoms with Gasteiger partial charge in [-0.25, -0.2) is 9.97 Å². The van der Waals surface area contributed by atoms with E-state index in [1.165, 1.54) is 38.5 Å². The Labute approximate surface area is 228 Å². The highest BCUT2D eigenvalue weighted by atomic mass is 35.5. The number of unbranched alkanes of at least 4 members (excludes halogenated alkanes) is 1. The molecule has 0 amide bonds. The molecule has 6 heteroatoms. The van der Waals surface area contributed by atoms with Crippen LogP contribution in [-0.2, 0) is 6.42 Å². The molecule has 1 aromatic heterocycles. The summed E-state index contributed by atoms with van der Waals surface area (Å²) < 4.78 is 6.16. The third kappa shape index (κ3) is 8.31. The summed E-state index contributed by atoms with van der Waals surface area (Å²) in [6.45, 7) is 6.18. The van der Waals surface area contributed by atoms with Gasteiger partial charge in [0.15, 0.2) is 0 Å². The third-order valence-corrected chi connectivity index (χ3v) is 7.73. The number of halogens is 1. The zero-order chi connectivity index (χ0) is 26.3. The van der Waals surface area contributed by atoms with Gasteiger partial charge in [-0.1, -0.05) is 49.4 Å².